The summed E-state index contributed by atoms with van der Waals surface area (Å²) in [6.07, 6.45) is 3.10. The highest BCUT2D eigenvalue weighted by atomic mass is 32.2. The van der Waals surface area contributed by atoms with E-state index in [4.69, 9.17) is 0 Å². The molecule has 2 heterocycles. The lowest BCUT2D eigenvalue weighted by atomic mass is 10.1. The number of carbonyl (C=O) groups excluding carboxylic acids is 2. The molecule has 1 atom stereocenters. The van der Waals surface area contributed by atoms with Gasteiger partial charge in [0.25, 0.3) is 0 Å². The van der Waals surface area contributed by atoms with Crippen molar-refractivity contribution in [1.29, 1.82) is 0 Å². The fourth-order valence-electron chi connectivity index (χ4n) is 3.67. The Morgan fingerprint density at radius 3 is 2.73 bits per heavy atom. The first kappa shape index (κ1) is 17.2. The number of benzene rings is 2. The van der Waals surface area contributed by atoms with Crippen molar-refractivity contribution in [3.05, 3.63) is 59.7 Å². The summed E-state index contributed by atoms with van der Waals surface area (Å²) in [6, 6.07) is 16.1. The predicted octanol–water partition coefficient (Wildman–Crippen LogP) is 3.65. The lowest BCUT2D eigenvalue weighted by Gasteiger charge is -2.18. The number of hydrogen-bond acceptors (Lipinski definition) is 3. The van der Waals surface area contributed by atoms with Crippen LogP contribution in [-0.2, 0) is 22.4 Å². The Morgan fingerprint density at radius 1 is 1.08 bits per heavy atom. The van der Waals surface area contributed by atoms with Crippen LogP contribution < -0.4 is 10.2 Å². The SMILES string of the molecule is O=C1Nc2ccccc2CC[C@H]1SCCC(=O)N1CCc2ccccc21. The van der Waals surface area contributed by atoms with E-state index in [1.807, 2.05) is 41.3 Å². The molecule has 0 spiro atoms. The molecule has 0 aromatic heterocycles. The van der Waals surface area contributed by atoms with E-state index in [0.717, 1.165) is 37.2 Å². The van der Waals surface area contributed by atoms with E-state index in [-0.39, 0.29) is 17.1 Å². The van der Waals surface area contributed by atoms with Crippen LogP contribution in [0.25, 0.3) is 0 Å². The molecule has 1 N–H and O–H groups in total. The molecule has 0 saturated heterocycles. The number of para-hydroxylation sites is 2. The Kier molecular flexibility index (Phi) is 4.98. The van der Waals surface area contributed by atoms with Crippen molar-refractivity contribution in [3.8, 4) is 0 Å². The summed E-state index contributed by atoms with van der Waals surface area (Å²) in [4.78, 5) is 26.9. The van der Waals surface area contributed by atoms with Gasteiger partial charge in [0.05, 0.1) is 5.25 Å². The molecule has 2 aromatic rings. The second-order valence-corrected chi connectivity index (χ2v) is 8.03. The third kappa shape index (κ3) is 3.49. The number of thioether (sulfide) groups is 1. The number of aryl methyl sites for hydroxylation is 1. The van der Waals surface area contributed by atoms with E-state index in [1.165, 1.54) is 11.1 Å². The van der Waals surface area contributed by atoms with Crippen molar-refractivity contribution >= 4 is 35.0 Å². The van der Waals surface area contributed by atoms with Crippen LogP contribution in [0.1, 0.15) is 24.0 Å². The van der Waals surface area contributed by atoms with Gasteiger partial charge in [0, 0.05) is 30.1 Å². The molecule has 0 saturated carbocycles. The second kappa shape index (κ2) is 7.54. The molecule has 0 aliphatic carbocycles. The topological polar surface area (TPSA) is 49.4 Å². The molecule has 4 rings (SSSR count). The minimum atomic E-state index is -0.0962. The molecule has 26 heavy (non-hydrogen) atoms. The van der Waals surface area contributed by atoms with Gasteiger partial charge in [0.15, 0.2) is 0 Å². The maximum Gasteiger partial charge on any atom is 0.237 e. The van der Waals surface area contributed by atoms with Crippen LogP contribution in [0.5, 0.6) is 0 Å². The normalized spacial score (nSPS) is 18.7. The van der Waals surface area contributed by atoms with Gasteiger partial charge in [0.1, 0.15) is 0 Å². The van der Waals surface area contributed by atoms with Gasteiger partial charge in [-0.15, -0.1) is 11.8 Å². The average Bonchev–Trinajstić information content (AvgIpc) is 3.02. The molecule has 2 amide bonds. The third-order valence-electron chi connectivity index (χ3n) is 5.07. The summed E-state index contributed by atoms with van der Waals surface area (Å²) >= 11 is 1.60. The Bertz CT molecular complexity index is 836. The van der Waals surface area contributed by atoms with Gasteiger partial charge in [0.2, 0.25) is 11.8 Å². The van der Waals surface area contributed by atoms with E-state index in [9.17, 15) is 9.59 Å². The Morgan fingerprint density at radius 2 is 1.85 bits per heavy atom. The number of anilines is 2. The van der Waals surface area contributed by atoms with Gasteiger partial charge < -0.3 is 10.2 Å². The molecular weight excluding hydrogens is 344 g/mol. The number of fused-ring (bicyclic) bond motifs is 2. The van der Waals surface area contributed by atoms with Crippen molar-refractivity contribution in [2.24, 2.45) is 0 Å². The number of nitrogens with zero attached hydrogens (tertiary/aromatic N) is 1. The number of nitrogens with one attached hydrogen (secondary N) is 1. The van der Waals surface area contributed by atoms with E-state index >= 15 is 0 Å². The molecule has 0 bridgehead atoms. The number of rotatable bonds is 4. The summed E-state index contributed by atoms with van der Waals surface area (Å²) in [5.41, 5.74) is 4.40. The molecule has 5 heteroatoms. The summed E-state index contributed by atoms with van der Waals surface area (Å²) in [5, 5.41) is 2.93. The fraction of sp³-hybridized carbons (Fsp3) is 0.333. The number of carbonyl (C=O) groups is 2. The Labute approximate surface area is 158 Å². The first-order valence-corrected chi connectivity index (χ1v) is 10.2. The lowest BCUT2D eigenvalue weighted by molar-refractivity contribution is -0.118. The van der Waals surface area contributed by atoms with Crippen LogP contribution >= 0.6 is 11.8 Å². The second-order valence-electron chi connectivity index (χ2n) is 6.72. The zero-order valence-corrected chi connectivity index (χ0v) is 15.4. The molecule has 2 aromatic carbocycles. The maximum absolute atomic E-state index is 12.6. The van der Waals surface area contributed by atoms with Crippen molar-refractivity contribution in [2.45, 2.75) is 30.9 Å². The molecule has 2 aliphatic rings. The number of amides is 2. The first-order chi connectivity index (χ1) is 12.7. The zero-order valence-electron chi connectivity index (χ0n) is 14.6. The minimum Gasteiger partial charge on any atom is -0.325 e. The molecule has 0 radical (unpaired) electrons. The standard InChI is InChI=1S/C21H22N2O2S/c24-20(23-13-11-16-6-2-4-8-18(16)23)12-14-26-19-10-9-15-5-1-3-7-17(15)22-21(19)25/h1-8,19H,9-14H2,(H,22,25)/t19-/m1/s1. The first-order valence-electron chi connectivity index (χ1n) is 9.11. The average molecular weight is 366 g/mol. The molecule has 2 aliphatic heterocycles. The fourth-order valence-corrected chi connectivity index (χ4v) is 4.74. The van der Waals surface area contributed by atoms with Gasteiger partial charge >= 0.3 is 0 Å². The van der Waals surface area contributed by atoms with Gasteiger partial charge in [-0.25, -0.2) is 0 Å². The summed E-state index contributed by atoms with van der Waals surface area (Å²) in [7, 11) is 0. The van der Waals surface area contributed by atoms with Crippen LogP contribution in [-0.4, -0.2) is 29.4 Å². The summed E-state index contributed by atoms with van der Waals surface area (Å²) in [5.74, 6) is 0.880. The predicted molar refractivity (Wildman–Crippen MR) is 107 cm³/mol. The van der Waals surface area contributed by atoms with Crippen LogP contribution in [0.4, 0.5) is 11.4 Å². The van der Waals surface area contributed by atoms with Crippen molar-refractivity contribution in [3.63, 3.8) is 0 Å². The highest BCUT2D eigenvalue weighted by Gasteiger charge is 2.26. The van der Waals surface area contributed by atoms with E-state index in [0.29, 0.717) is 12.2 Å². The van der Waals surface area contributed by atoms with Crippen LogP contribution in [0.3, 0.4) is 0 Å². The summed E-state index contributed by atoms with van der Waals surface area (Å²) in [6.45, 7) is 0.766. The van der Waals surface area contributed by atoms with Crippen molar-refractivity contribution < 1.29 is 9.59 Å². The smallest absolute Gasteiger partial charge is 0.237 e. The molecule has 134 valence electrons. The van der Waals surface area contributed by atoms with Crippen LogP contribution in [0, 0.1) is 0 Å². The van der Waals surface area contributed by atoms with Gasteiger partial charge in [-0.05, 0) is 42.5 Å². The van der Waals surface area contributed by atoms with E-state index < -0.39 is 0 Å². The van der Waals surface area contributed by atoms with Crippen molar-refractivity contribution in [2.75, 3.05) is 22.5 Å². The molecule has 4 nitrogen and oxygen atoms in total. The quantitative estimate of drug-likeness (QED) is 0.898. The van der Waals surface area contributed by atoms with E-state index in [1.54, 1.807) is 11.8 Å². The van der Waals surface area contributed by atoms with Gasteiger partial charge in [-0.3, -0.25) is 9.59 Å². The largest absolute Gasteiger partial charge is 0.325 e. The third-order valence-corrected chi connectivity index (χ3v) is 6.36. The monoisotopic (exact) mass is 366 g/mol. The van der Waals surface area contributed by atoms with Gasteiger partial charge in [-0.1, -0.05) is 36.4 Å². The number of hydrogen-bond donors (Lipinski definition) is 1. The lowest BCUT2D eigenvalue weighted by Crippen LogP contribution is -2.30. The highest BCUT2D eigenvalue weighted by molar-refractivity contribution is 8.00. The van der Waals surface area contributed by atoms with Crippen LogP contribution in [0.2, 0.25) is 0 Å². The Balaban J connectivity index is 1.31. The minimum absolute atomic E-state index is 0.0546. The van der Waals surface area contributed by atoms with Crippen LogP contribution in [0.15, 0.2) is 48.5 Å². The molecule has 0 fully saturated rings. The summed E-state index contributed by atoms with van der Waals surface area (Å²) < 4.78 is 0. The zero-order chi connectivity index (χ0) is 17.9. The van der Waals surface area contributed by atoms with E-state index in [2.05, 4.69) is 17.4 Å². The molecule has 0 unspecified atom stereocenters. The Hall–Kier alpha value is -2.27. The maximum atomic E-state index is 12.6. The molecular formula is C21H22N2O2S. The highest BCUT2D eigenvalue weighted by Crippen LogP contribution is 2.30. The van der Waals surface area contributed by atoms with Gasteiger partial charge in [-0.2, -0.15) is 0 Å². The van der Waals surface area contributed by atoms with Crippen molar-refractivity contribution in [1.82, 2.24) is 0 Å².